The van der Waals surface area contributed by atoms with Crippen molar-refractivity contribution in [2.75, 3.05) is 0 Å². The molecule has 3 aromatic carbocycles. The Morgan fingerprint density at radius 3 is 2.56 bits per heavy atom. The maximum Gasteiger partial charge on any atom is 0.221 e. The molecule has 0 saturated carbocycles. The minimum Gasteiger partial charge on any atom is -0.200 e. The molecule has 0 radical (unpaired) electrons. The minimum atomic E-state index is 0.929. The summed E-state index contributed by atoms with van der Waals surface area (Å²) >= 11 is 0. The first kappa shape index (κ1) is 16.0. The number of nitrogens with zero attached hydrogens (tertiary/aromatic N) is 1. The van der Waals surface area contributed by atoms with Crippen molar-refractivity contribution in [1.29, 1.82) is 0 Å². The van der Waals surface area contributed by atoms with Gasteiger partial charge >= 0.3 is 0 Å². The molecule has 0 atom stereocenters. The average molecular weight is 348 g/mol. The zero-order valence-corrected chi connectivity index (χ0v) is 15.8. The van der Waals surface area contributed by atoms with Crippen LogP contribution in [0.15, 0.2) is 85.1 Å². The molecule has 1 heterocycles. The Bertz CT molecular complexity index is 1370. The fourth-order valence-electron chi connectivity index (χ4n) is 4.45. The summed E-state index contributed by atoms with van der Waals surface area (Å²) < 4.78 is 2.27. The molecule has 0 aliphatic heterocycles. The van der Waals surface area contributed by atoms with Crippen molar-refractivity contribution >= 4 is 38.0 Å². The van der Waals surface area contributed by atoms with E-state index in [0.29, 0.717) is 0 Å². The summed E-state index contributed by atoms with van der Waals surface area (Å²) in [7, 11) is 2.15. The van der Waals surface area contributed by atoms with Gasteiger partial charge in [0.15, 0.2) is 6.20 Å². The van der Waals surface area contributed by atoms with Crippen LogP contribution in [-0.2, 0) is 13.5 Å². The summed E-state index contributed by atoms with van der Waals surface area (Å²) in [5, 5.41) is 7.96. The molecule has 0 spiro atoms. The van der Waals surface area contributed by atoms with E-state index in [1.54, 1.807) is 0 Å². The molecule has 0 saturated heterocycles. The lowest BCUT2D eigenvalue weighted by Gasteiger charge is -2.14. The van der Waals surface area contributed by atoms with Crippen LogP contribution in [0.2, 0.25) is 0 Å². The van der Waals surface area contributed by atoms with Gasteiger partial charge in [0.1, 0.15) is 7.05 Å². The van der Waals surface area contributed by atoms with Crippen LogP contribution in [-0.4, -0.2) is 0 Å². The van der Waals surface area contributed by atoms with Crippen LogP contribution in [0, 0.1) is 0 Å². The summed E-state index contributed by atoms with van der Waals surface area (Å²) in [5.74, 6) is 0. The Labute approximate surface area is 159 Å². The first-order valence-corrected chi connectivity index (χ1v) is 9.44. The minimum absolute atomic E-state index is 0.929. The van der Waals surface area contributed by atoms with Gasteiger partial charge in [-0.2, -0.15) is 0 Å². The predicted octanol–water partition coefficient (Wildman–Crippen LogP) is 5.08. The van der Waals surface area contributed by atoms with E-state index in [9.17, 15) is 0 Å². The number of allylic oxidation sites excluding steroid dienone is 5. The Kier molecular flexibility index (Phi) is 3.51. The summed E-state index contributed by atoms with van der Waals surface area (Å²) in [5.41, 5.74) is 4.97. The fraction of sp³-hybridized carbons (Fsp3) is 0.115. The van der Waals surface area contributed by atoms with Crippen molar-refractivity contribution in [3.8, 4) is 0 Å². The van der Waals surface area contributed by atoms with Crippen LogP contribution in [0.5, 0.6) is 0 Å². The lowest BCUT2D eigenvalue weighted by Crippen LogP contribution is -2.34. The molecule has 0 bridgehead atoms. The molecule has 4 aromatic rings. The maximum absolute atomic E-state index is 4.36. The van der Waals surface area contributed by atoms with Gasteiger partial charge in [0.25, 0.3) is 0 Å². The van der Waals surface area contributed by atoms with E-state index in [1.807, 2.05) is 0 Å². The average Bonchev–Trinajstić information content (AvgIpc) is 2.69. The molecule has 1 nitrogen and oxygen atoms in total. The SMILES string of the molecule is C=C1/C=C\C=C/Cc2cccc3c2/c(c2c4c(cccc34)cc[n+]2C)=C\1C. The zero-order chi connectivity index (χ0) is 18.5. The molecular weight excluding hydrogens is 326 g/mol. The van der Waals surface area contributed by atoms with Crippen LogP contribution < -0.4 is 9.79 Å². The molecule has 1 heteroatoms. The van der Waals surface area contributed by atoms with Gasteiger partial charge in [0.05, 0.1) is 10.6 Å². The summed E-state index contributed by atoms with van der Waals surface area (Å²) in [6.07, 6.45) is 11.7. The molecule has 1 aliphatic carbocycles. The Morgan fingerprint density at radius 2 is 1.70 bits per heavy atom. The third kappa shape index (κ3) is 2.28. The van der Waals surface area contributed by atoms with Crippen LogP contribution in [0.4, 0.5) is 0 Å². The van der Waals surface area contributed by atoms with Gasteiger partial charge in [-0.25, -0.2) is 4.57 Å². The molecular formula is C26H22N+. The van der Waals surface area contributed by atoms with Crippen LogP contribution in [0.3, 0.4) is 0 Å². The highest BCUT2D eigenvalue weighted by Crippen LogP contribution is 2.32. The second kappa shape index (κ2) is 5.92. The van der Waals surface area contributed by atoms with E-state index in [0.717, 1.165) is 12.0 Å². The number of fused-ring (bicyclic) bond motifs is 2. The van der Waals surface area contributed by atoms with Gasteiger partial charge in [0, 0.05) is 6.07 Å². The molecule has 27 heavy (non-hydrogen) atoms. The van der Waals surface area contributed by atoms with Gasteiger partial charge in [0.2, 0.25) is 5.52 Å². The number of pyridine rings is 1. The monoisotopic (exact) mass is 348 g/mol. The molecule has 5 rings (SSSR count). The standard InChI is InChI=1S/C26H22N/c1-17-9-5-4-6-10-19-11-7-13-21-22-14-8-12-20-15-16-27(3)26(25(20)22)23(18(17)2)24(19)21/h4-9,11-16H,1,10H2,2-3H3/q+1/b6-4-,9-5-,23-18+. The van der Waals surface area contributed by atoms with E-state index in [4.69, 9.17) is 0 Å². The van der Waals surface area contributed by atoms with Gasteiger partial charge < -0.3 is 0 Å². The normalized spacial score (nSPS) is 19.0. The van der Waals surface area contributed by atoms with Crippen molar-refractivity contribution in [3.63, 3.8) is 0 Å². The first-order chi connectivity index (χ1) is 13.2. The molecule has 1 aliphatic rings. The second-order valence-electron chi connectivity index (χ2n) is 7.40. The summed E-state index contributed by atoms with van der Waals surface area (Å²) in [6, 6.07) is 15.6. The molecule has 130 valence electrons. The summed E-state index contributed by atoms with van der Waals surface area (Å²) in [6.45, 7) is 6.56. The quantitative estimate of drug-likeness (QED) is 0.237. The lowest BCUT2D eigenvalue weighted by atomic mass is 9.89. The van der Waals surface area contributed by atoms with E-state index < -0.39 is 0 Å². The topological polar surface area (TPSA) is 3.88 Å². The van der Waals surface area contributed by atoms with Crippen molar-refractivity contribution in [2.24, 2.45) is 7.05 Å². The predicted molar refractivity (Wildman–Crippen MR) is 116 cm³/mol. The Hall–Kier alpha value is -3.19. The number of hydrogen-bond acceptors (Lipinski definition) is 0. The number of hydrogen-bond donors (Lipinski definition) is 0. The maximum atomic E-state index is 4.36. The number of rotatable bonds is 0. The largest absolute Gasteiger partial charge is 0.221 e. The van der Waals surface area contributed by atoms with Gasteiger partial charge in [-0.05, 0) is 51.6 Å². The van der Waals surface area contributed by atoms with Gasteiger partial charge in [-0.3, -0.25) is 0 Å². The zero-order valence-electron chi connectivity index (χ0n) is 15.8. The van der Waals surface area contributed by atoms with Gasteiger partial charge in [-0.15, -0.1) is 0 Å². The molecule has 0 fully saturated rings. The van der Waals surface area contributed by atoms with Crippen molar-refractivity contribution in [3.05, 3.63) is 95.9 Å². The van der Waals surface area contributed by atoms with Crippen LogP contribution in [0.25, 0.3) is 38.0 Å². The first-order valence-electron chi connectivity index (χ1n) is 9.44. The fourth-order valence-corrected chi connectivity index (χ4v) is 4.45. The molecule has 0 unspecified atom stereocenters. The number of aromatic nitrogens is 1. The third-order valence-corrected chi connectivity index (χ3v) is 5.83. The van der Waals surface area contributed by atoms with Gasteiger partial charge in [-0.1, -0.05) is 67.3 Å². The van der Waals surface area contributed by atoms with Crippen molar-refractivity contribution < 1.29 is 4.57 Å². The molecule has 0 N–H and O–H groups in total. The van der Waals surface area contributed by atoms with Crippen molar-refractivity contribution in [1.82, 2.24) is 0 Å². The second-order valence-corrected chi connectivity index (χ2v) is 7.40. The van der Waals surface area contributed by atoms with E-state index in [1.165, 1.54) is 48.8 Å². The number of aryl methyl sites for hydroxylation is 1. The van der Waals surface area contributed by atoms with Crippen LogP contribution >= 0.6 is 0 Å². The highest BCUT2D eigenvalue weighted by atomic mass is 14.9. The highest BCUT2D eigenvalue weighted by molar-refractivity contribution is 6.20. The smallest absolute Gasteiger partial charge is 0.200 e. The number of benzene rings is 3. The van der Waals surface area contributed by atoms with E-state index >= 15 is 0 Å². The Morgan fingerprint density at radius 1 is 0.926 bits per heavy atom. The Balaban J connectivity index is 2.23. The molecule has 1 aromatic heterocycles. The van der Waals surface area contributed by atoms with Crippen LogP contribution in [0.1, 0.15) is 12.5 Å². The lowest BCUT2D eigenvalue weighted by molar-refractivity contribution is -0.645. The third-order valence-electron chi connectivity index (χ3n) is 5.83. The van der Waals surface area contributed by atoms with E-state index in [-0.39, 0.29) is 0 Å². The highest BCUT2D eigenvalue weighted by Gasteiger charge is 2.19. The summed E-state index contributed by atoms with van der Waals surface area (Å²) in [4.78, 5) is 0. The van der Waals surface area contributed by atoms with E-state index in [2.05, 4.69) is 98.1 Å². The molecule has 0 amide bonds. The van der Waals surface area contributed by atoms with Crippen molar-refractivity contribution in [2.45, 2.75) is 13.3 Å².